The highest BCUT2D eigenvalue weighted by molar-refractivity contribution is 7.14. The fourth-order valence-corrected chi connectivity index (χ4v) is 2.53. The van der Waals surface area contributed by atoms with Gasteiger partial charge in [-0.05, 0) is 26.3 Å². The lowest BCUT2D eigenvalue weighted by Gasteiger charge is -1.99. The van der Waals surface area contributed by atoms with E-state index in [4.69, 9.17) is 11.6 Å². The van der Waals surface area contributed by atoms with Gasteiger partial charge in [0, 0.05) is 17.9 Å². The van der Waals surface area contributed by atoms with E-state index in [-0.39, 0.29) is 0 Å². The van der Waals surface area contributed by atoms with E-state index >= 15 is 0 Å². The van der Waals surface area contributed by atoms with Crippen LogP contribution in [0.5, 0.6) is 0 Å². The molecule has 0 N–H and O–H groups in total. The van der Waals surface area contributed by atoms with E-state index in [0.29, 0.717) is 5.88 Å². The molecule has 0 aliphatic heterocycles. The summed E-state index contributed by atoms with van der Waals surface area (Å²) in [4.78, 5) is 0. The minimum absolute atomic E-state index is 0.657. The topological polar surface area (TPSA) is 51.6 Å². The van der Waals surface area contributed by atoms with Gasteiger partial charge in [-0.1, -0.05) is 11.3 Å². The molecule has 0 atom stereocenters. The highest BCUT2D eigenvalue weighted by atomic mass is 35.5. The molecular weight excluding hydrogens is 256 g/mol. The third-order valence-electron chi connectivity index (χ3n) is 2.32. The summed E-state index contributed by atoms with van der Waals surface area (Å²) < 4.78 is 0. The Balaban J connectivity index is 2.27. The summed E-state index contributed by atoms with van der Waals surface area (Å²) in [7, 11) is 0. The SMILES string of the molecule is Cc1cc(-c2nnc(CCCCl)s2)c(C)nn1. The van der Waals surface area contributed by atoms with Gasteiger partial charge in [-0.15, -0.1) is 21.8 Å². The summed E-state index contributed by atoms with van der Waals surface area (Å²) in [5.74, 6) is 0.657. The minimum Gasteiger partial charge on any atom is -0.156 e. The Morgan fingerprint density at radius 3 is 2.76 bits per heavy atom. The molecule has 17 heavy (non-hydrogen) atoms. The van der Waals surface area contributed by atoms with Crippen LogP contribution < -0.4 is 0 Å². The van der Waals surface area contributed by atoms with Crippen molar-refractivity contribution in [2.75, 3.05) is 5.88 Å². The number of halogens is 1. The molecule has 4 nitrogen and oxygen atoms in total. The summed E-state index contributed by atoms with van der Waals surface area (Å²) in [6, 6.07) is 1.99. The average Bonchev–Trinajstić information content (AvgIpc) is 2.78. The van der Waals surface area contributed by atoms with E-state index < -0.39 is 0 Å². The van der Waals surface area contributed by atoms with Crippen molar-refractivity contribution in [3.63, 3.8) is 0 Å². The van der Waals surface area contributed by atoms with Gasteiger partial charge < -0.3 is 0 Å². The largest absolute Gasteiger partial charge is 0.156 e. The molecule has 0 aliphatic rings. The van der Waals surface area contributed by atoms with Gasteiger partial charge in [-0.2, -0.15) is 10.2 Å². The van der Waals surface area contributed by atoms with Crippen LogP contribution in [0.25, 0.3) is 10.6 Å². The minimum atomic E-state index is 0.657. The zero-order valence-electron chi connectivity index (χ0n) is 9.77. The molecule has 2 aromatic heterocycles. The first-order valence-corrected chi connectivity index (χ1v) is 6.75. The van der Waals surface area contributed by atoms with Crippen molar-refractivity contribution in [2.24, 2.45) is 0 Å². The molecule has 2 heterocycles. The Kier molecular flexibility index (Phi) is 4.02. The van der Waals surface area contributed by atoms with E-state index in [1.165, 1.54) is 0 Å². The summed E-state index contributed by atoms with van der Waals surface area (Å²) in [6.45, 7) is 3.85. The number of hydrogen-bond acceptors (Lipinski definition) is 5. The number of alkyl halides is 1. The maximum atomic E-state index is 5.66. The molecule has 0 aliphatic carbocycles. The van der Waals surface area contributed by atoms with Gasteiger partial charge in [-0.25, -0.2) is 0 Å². The second kappa shape index (κ2) is 5.51. The molecule has 0 amide bonds. The van der Waals surface area contributed by atoms with Gasteiger partial charge in [0.2, 0.25) is 0 Å². The Labute approximate surface area is 109 Å². The fourth-order valence-electron chi connectivity index (χ4n) is 1.45. The fraction of sp³-hybridized carbons (Fsp3) is 0.455. The smallest absolute Gasteiger partial charge is 0.149 e. The number of rotatable bonds is 4. The van der Waals surface area contributed by atoms with Crippen molar-refractivity contribution in [3.05, 3.63) is 22.5 Å². The van der Waals surface area contributed by atoms with Gasteiger partial charge in [0.15, 0.2) is 0 Å². The molecular formula is C11H13ClN4S. The van der Waals surface area contributed by atoms with Crippen molar-refractivity contribution in [1.82, 2.24) is 20.4 Å². The van der Waals surface area contributed by atoms with Crippen molar-refractivity contribution in [2.45, 2.75) is 26.7 Å². The lowest BCUT2D eigenvalue weighted by molar-refractivity contribution is 0.883. The van der Waals surface area contributed by atoms with Crippen LogP contribution in [0.4, 0.5) is 0 Å². The number of aryl methyl sites for hydroxylation is 3. The maximum absolute atomic E-state index is 5.66. The van der Waals surface area contributed by atoms with Gasteiger partial charge in [0.1, 0.15) is 10.0 Å². The van der Waals surface area contributed by atoms with Crippen LogP contribution >= 0.6 is 22.9 Å². The maximum Gasteiger partial charge on any atom is 0.149 e. The van der Waals surface area contributed by atoms with Crippen LogP contribution in [0, 0.1) is 13.8 Å². The first-order chi connectivity index (χ1) is 8.20. The summed E-state index contributed by atoms with van der Waals surface area (Å²) >= 11 is 7.26. The number of nitrogens with zero attached hydrogens (tertiary/aromatic N) is 4. The van der Waals surface area contributed by atoms with Gasteiger partial charge in [0.05, 0.1) is 11.4 Å². The molecule has 0 saturated carbocycles. The van der Waals surface area contributed by atoms with Crippen LogP contribution in [0.3, 0.4) is 0 Å². The highest BCUT2D eigenvalue weighted by Gasteiger charge is 2.10. The monoisotopic (exact) mass is 268 g/mol. The van der Waals surface area contributed by atoms with Crippen LogP contribution in [-0.4, -0.2) is 26.3 Å². The van der Waals surface area contributed by atoms with Crippen LogP contribution in [0.15, 0.2) is 6.07 Å². The van der Waals surface area contributed by atoms with E-state index in [9.17, 15) is 0 Å². The average molecular weight is 269 g/mol. The van der Waals surface area contributed by atoms with Gasteiger partial charge >= 0.3 is 0 Å². The molecule has 0 fully saturated rings. The molecule has 0 aromatic carbocycles. The van der Waals surface area contributed by atoms with E-state index in [1.54, 1.807) is 11.3 Å². The van der Waals surface area contributed by atoms with E-state index in [1.807, 2.05) is 19.9 Å². The first kappa shape index (κ1) is 12.4. The molecule has 6 heteroatoms. The van der Waals surface area contributed by atoms with E-state index in [2.05, 4.69) is 20.4 Å². The predicted octanol–water partition coefficient (Wildman–Crippen LogP) is 2.78. The van der Waals surface area contributed by atoms with Crippen LogP contribution in [-0.2, 0) is 6.42 Å². The quantitative estimate of drug-likeness (QED) is 0.800. The lowest BCUT2D eigenvalue weighted by atomic mass is 10.2. The summed E-state index contributed by atoms with van der Waals surface area (Å²) in [6.07, 6.45) is 1.82. The second-order valence-corrected chi connectivity index (χ2v) is 5.22. The van der Waals surface area contributed by atoms with Crippen molar-refractivity contribution < 1.29 is 0 Å². The third-order valence-corrected chi connectivity index (χ3v) is 3.61. The van der Waals surface area contributed by atoms with Crippen molar-refractivity contribution in [3.8, 4) is 10.6 Å². The molecule has 0 spiro atoms. The second-order valence-electron chi connectivity index (χ2n) is 3.78. The Morgan fingerprint density at radius 1 is 1.18 bits per heavy atom. The van der Waals surface area contributed by atoms with Crippen molar-refractivity contribution >= 4 is 22.9 Å². The van der Waals surface area contributed by atoms with Gasteiger partial charge in [0.25, 0.3) is 0 Å². The third kappa shape index (κ3) is 2.98. The standard InChI is InChI=1S/C11H13ClN4S/c1-7-6-9(8(2)14-13-7)11-16-15-10(17-11)4-3-5-12/h6H,3-5H2,1-2H3. The van der Waals surface area contributed by atoms with Crippen molar-refractivity contribution in [1.29, 1.82) is 0 Å². The number of hydrogen-bond donors (Lipinski definition) is 0. The van der Waals surface area contributed by atoms with Crippen LogP contribution in [0.2, 0.25) is 0 Å². The molecule has 90 valence electrons. The Hall–Kier alpha value is -1.07. The first-order valence-electron chi connectivity index (χ1n) is 5.40. The zero-order chi connectivity index (χ0) is 12.3. The molecule has 2 rings (SSSR count). The Bertz CT molecular complexity index is 512. The molecule has 0 saturated heterocycles. The number of aromatic nitrogens is 4. The molecule has 0 unspecified atom stereocenters. The van der Waals surface area contributed by atoms with E-state index in [0.717, 1.165) is 39.8 Å². The molecule has 2 aromatic rings. The lowest BCUT2D eigenvalue weighted by Crippen LogP contribution is -1.93. The molecule has 0 radical (unpaired) electrons. The summed E-state index contributed by atoms with van der Waals surface area (Å²) in [5.41, 5.74) is 2.80. The zero-order valence-corrected chi connectivity index (χ0v) is 11.3. The Morgan fingerprint density at radius 2 is 2.00 bits per heavy atom. The normalized spacial score (nSPS) is 10.8. The molecule has 0 bridgehead atoms. The summed E-state index contributed by atoms with van der Waals surface area (Å²) in [5, 5.41) is 18.4. The highest BCUT2D eigenvalue weighted by Crippen LogP contribution is 2.26. The predicted molar refractivity (Wildman–Crippen MR) is 69.5 cm³/mol. The van der Waals surface area contributed by atoms with Gasteiger partial charge in [-0.3, -0.25) is 0 Å². The van der Waals surface area contributed by atoms with Crippen LogP contribution in [0.1, 0.15) is 22.8 Å².